The SMILES string of the molecule is CC(CNn1cccc1)C(N)=O. The molecular weight excluding hydrogens is 154 g/mol. The van der Waals surface area contributed by atoms with E-state index in [2.05, 4.69) is 5.43 Å². The third-order valence-corrected chi connectivity index (χ3v) is 1.67. The van der Waals surface area contributed by atoms with Crippen LogP contribution < -0.4 is 11.2 Å². The Morgan fingerprint density at radius 1 is 1.58 bits per heavy atom. The van der Waals surface area contributed by atoms with Crippen LogP contribution in [0.25, 0.3) is 0 Å². The fourth-order valence-corrected chi connectivity index (χ4v) is 0.783. The number of primary amides is 1. The molecule has 1 rings (SSSR count). The second-order valence-electron chi connectivity index (χ2n) is 2.76. The van der Waals surface area contributed by atoms with Crippen LogP contribution in [0.4, 0.5) is 0 Å². The van der Waals surface area contributed by atoms with Crippen LogP contribution in [0.1, 0.15) is 6.92 Å². The van der Waals surface area contributed by atoms with Gasteiger partial charge >= 0.3 is 0 Å². The number of hydrogen-bond donors (Lipinski definition) is 2. The summed E-state index contributed by atoms with van der Waals surface area (Å²) in [6.45, 7) is 2.35. The molecule has 66 valence electrons. The Morgan fingerprint density at radius 3 is 2.67 bits per heavy atom. The zero-order valence-electron chi connectivity index (χ0n) is 7.03. The third kappa shape index (κ3) is 2.30. The molecular formula is C8H13N3O. The smallest absolute Gasteiger partial charge is 0.222 e. The number of rotatable bonds is 4. The second-order valence-corrected chi connectivity index (χ2v) is 2.76. The number of nitrogens with two attached hydrogens (primary N) is 1. The summed E-state index contributed by atoms with van der Waals surface area (Å²) < 4.78 is 1.79. The monoisotopic (exact) mass is 167 g/mol. The van der Waals surface area contributed by atoms with E-state index in [1.165, 1.54) is 0 Å². The van der Waals surface area contributed by atoms with Gasteiger partial charge < -0.3 is 11.2 Å². The largest absolute Gasteiger partial charge is 0.369 e. The molecule has 1 atom stereocenters. The van der Waals surface area contributed by atoms with Crippen LogP contribution in [-0.4, -0.2) is 17.1 Å². The van der Waals surface area contributed by atoms with Crippen molar-refractivity contribution in [3.63, 3.8) is 0 Å². The molecule has 0 radical (unpaired) electrons. The molecule has 0 aromatic carbocycles. The van der Waals surface area contributed by atoms with Crippen molar-refractivity contribution in [2.45, 2.75) is 6.92 Å². The summed E-state index contributed by atoms with van der Waals surface area (Å²) in [5, 5.41) is 0. The van der Waals surface area contributed by atoms with E-state index in [0.717, 1.165) is 0 Å². The molecule has 4 nitrogen and oxygen atoms in total. The van der Waals surface area contributed by atoms with Gasteiger partial charge in [0, 0.05) is 18.9 Å². The van der Waals surface area contributed by atoms with Gasteiger partial charge in [0.2, 0.25) is 5.91 Å². The van der Waals surface area contributed by atoms with Crippen molar-refractivity contribution >= 4 is 5.91 Å². The summed E-state index contributed by atoms with van der Waals surface area (Å²) in [6.07, 6.45) is 3.74. The van der Waals surface area contributed by atoms with Crippen molar-refractivity contribution in [1.82, 2.24) is 4.68 Å². The average molecular weight is 167 g/mol. The maximum absolute atomic E-state index is 10.6. The van der Waals surface area contributed by atoms with Gasteiger partial charge in [-0.3, -0.25) is 9.47 Å². The molecule has 12 heavy (non-hydrogen) atoms. The summed E-state index contributed by atoms with van der Waals surface area (Å²) >= 11 is 0. The molecule has 0 fully saturated rings. The molecule has 0 bridgehead atoms. The predicted molar refractivity (Wildman–Crippen MR) is 47.0 cm³/mol. The number of carbonyl (C=O) groups excluding carboxylic acids is 1. The van der Waals surface area contributed by atoms with Crippen LogP contribution in [0.2, 0.25) is 0 Å². The van der Waals surface area contributed by atoms with E-state index >= 15 is 0 Å². The predicted octanol–water partition coefficient (Wildman–Crippen LogP) is 0.153. The van der Waals surface area contributed by atoms with Gasteiger partial charge in [0.05, 0.1) is 5.92 Å². The lowest BCUT2D eigenvalue weighted by Crippen LogP contribution is -2.29. The van der Waals surface area contributed by atoms with Crippen LogP contribution in [0.15, 0.2) is 24.5 Å². The van der Waals surface area contributed by atoms with E-state index in [9.17, 15) is 4.79 Å². The molecule has 0 saturated heterocycles. The van der Waals surface area contributed by atoms with Gasteiger partial charge in [-0.25, -0.2) is 0 Å². The Kier molecular flexibility index (Phi) is 2.74. The zero-order chi connectivity index (χ0) is 8.97. The summed E-state index contributed by atoms with van der Waals surface area (Å²) in [7, 11) is 0. The molecule has 0 aliphatic carbocycles. The normalized spacial score (nSPS) is 12.4. The Labute approximate surface area is 71.3 Å². The summed E-state index contributed by atoms with van der Waals surface area (Å²) in [4.78, 5) is 10.6. The highest BCUT2D eigenvalue weighted by Crippen LogP contribution is 1.92. The maximum atomic E-state index is 10.6. The molecule has 3 N–H and O–H groups in total. The topological polar surface area (TPSA) is 60.1 Å². The molecule has 0 aliphatic rings. The third-order valence-electron chi connectivity index (χ3n) is 1.67. The lowest BCUT2D eigenvalue weighted by molar-refractivity contribution is -0.120. The van der Waals surface area contributed by atoms with Gasteiger partial charge in [0.25, 0.3) is 0 Å². The molecule has 0 saturated carbocycles. The highest BCUT2D eigenvalue weighted by Gasteiger charge is 2.06. The summed E-state index contributed by atoms with van der Waals surface area (Å²) in [5.74, 6) is -0.429. The molecule has 1 aromatic heterocycles. The minimum Gasteiger partial charge on any atom is -0.369 e. The van der Waals surface area contributed by atoms with Crippen molar-refractivity contribution in [3.8, 4) is 0 Å². The first-order chi connectivity index (χ1) is 5.70. The van der Waals surface area contributed by atoms with Gasteiger partial charge in [0.15, 0.2) is 0 Å². The number of nitrogens with one attached hydrogen (secondary N) is 1. The summed E-state index contributed by atoms with van der Waals surface area (Å²) in [5.41, 5.74) is 8.11. The van der Waals surface area contributed by atoms with Crippen LogP contribution in [0.3, 0.4) is 0 Å². The van der Waals surface area contributed by atoms with Crippen molar-refractivity contribution in [2.24, 2.45) is 11.7 Å². The number of carbonyl (C=O) groups is 1. The summed E-state index contributed by atoms with van der Waals surface area (Å²) in [6, 6.07) is 3.81. The highest BCUT2D eigenvalue weighted by molar-refractivity contribution is 5.76. The molecule has 0 spiro atoms. The van der Waals surface area contributed by atoms with Gasteiger partial charge in [-0.05, 0) is 12.1 Å². The minimum absolute atomic E-state index is 0.146. The van der Waals surface area contributed by atoms with Crippen LogP contribution in [0, 0.1) is 5.92 Å². The number of hydrogen-bond acceptors (Lipinski definition) is 2. The van der Waals surface area contributed by atoms with Gasteiger partial charge in [0.1, 0.15) is 0 Å². The van der Waals surface area contributed by atoms with E-state index in [0.29, 0.717) is 6.54 Å². The Hall–Kier alpha value is -1.45. The molecule has 4 heteroatoms. The molecule has 1 heterocycles. The lowest BCUT2D eigenvalue weighted by Gasteiger charge is -2.10. The lowest BCUT2D eigenvalue weighted by atomic mass is 10.2. The average Bonchev–Trinajstić information content (AvgIpc) is 2.51. The first-order valence-electron chi connectivity index (χ1n) is 3.86. The number of aromatic nitrogens is 1. The Morgan fingerprint density at radius 2 is 2.17 bits per heavy atom. The maximum Gasteiger partial charge on any atom is 0.222 e. The van der Waals surface area contributed by atoms with Crippen LogP contribution in [0.5, 0.6) is 0 Å². The Balaban J connectivity index is 2.31. The fourth-order valence-electron chi connectivity index (χ4n) is 0.783. The van der Waals surface area contributed by atoms with E-state index in [4.69, 9.17) is 5.73 Å². The Bertz CT molecular complexity index is 243. The van der Waals surface area contributed by atoms with Gasteiger partial charge in [-0.2, -0.15) is 0 Å². The van der Waals surface area contributed by atoms with E-state index in [1.807, 2.05) is 24.5 Å². The van der Waals surface area contributed by atoms with Gasteiger partial charge in [-0.1, -0.05) is 6.92 Å². The van der Waals surface area contributed by atoms with Crippen molar-refractivity contribution in [3.05, 3.63) is 24.5 Å². The van der Waals surface area contributed by atoms with Crippen molar-refractivity contribution in [1.29, 1.82) is 0 Å². The van der Waals surface area contributed by atoms with Crippen LogP contribution >= 0.6 is 0 Å². The zero-order valence-corrected chi connectivity index (χ0v) is 7.03. The molecule has 1 amide bonds. The van der Waals surface area contributed by atoms with Crippen LogP contribution in [-0.2, 0) is 4.79 Å². The van der Waals surface area contributed by atoms with E-state index in [-0.39, 0.29) is 11.8 Å². The van der Waals surface area contributed by atoms with Crippen molar-refractivity contribution < 1.29 is 4.79 Å². The molecule has 0 aliphatic heterocycles. The number of amides is 1. The van der Waals surface area contributed by atoms with E-state index in [1.54, 1.807) is 11.6 Å². The fraction of sp³-hybridized carbons (Fsp3) is 0.375. The van der Waals surface area contributed by atoms with E-state index < -0.39 is 0 Å². The molecule has 1 unspecified atom stereocenters. The number of nitrogens with zero attached hydrogens (tertiary/aromatic N) is 1. The minimum atomic E-state index is -0.283. The second kappa shape index (κ2) is 3.80. The first-order valence-corrected chi connectivity index (χ1v) is 3.86. The highest BCUT2D eigenvalue weighted by atomic mass is 16.1. The van der Waals surface area contributed by atoms with Crippen molar-refractivity contribution in [2.75, 3.05) is 12.0 Å². The standard InChI is InChI=1S/C8H13N3O/c1-7(8(9)12)6-10-11-4-2-3-5-11/h2-5,7,10H,6H2,1H3,(H2,9,12). The molecule has 1 aromatic rings. The van der Waals surface area contributed by atoms with Gasteiger partial charge in [-0.15, -0.1) is 0 Å². The first kappa shape index (κ1) is 8.64. The quantitative estimate of drug-likeness (QED) is 0.670.